The minimum atomic E-state index is -10.1. The van der Waals surface area contributed by atoms with E-state index >= 15 is 0 Å². The zero-order chi connectivity index (χ0) is 47.4. The Bertz CT molecular complexity index is 1540. The quantitative estimate of drug-likeness (QED) is 0.124. The normalized spacial score (nSPS) is 18.0. The van der Waals surface area contributed by atoms with Crippen molar-refractivity contribution >= 4 is 5.97 Å². The maximum absolute atomic E-state index is 14.9. The first kappa shape index (κ1) is 53.7. The third-order valence-electron chi connectivity index (χ3n) is 6.36. The fraction of sp³-hybridized carbons (Fsp3) is 0.842. The van der Waals surface area contributed by atoms with Gasteiger partial charge in [0, 0.05) is 0 Å². The standard InChI is InChI=1S/C19HF35O3/c20-1(3(55)56)2(21)4(22,5(23,24)6(25,26)7(27,28)8(29,30)11(35,36)14(41,42)17(47,48)49)57-19(53,54)16(45,46)13(39,40)10(33,34)9(31,32)12(37,38)15(43,44)18(50,51)52/h(H,55,56). The van der Waals surface area contributed by atoms with Crippen LogP contribution in [0.5, 0.6) is 0 Å². The highest BCUT2D eigenvalue weighted by molar-refractivity contribution is 5.84. The van der Waals surface area contributed by atoms with E-state index < -0.39 is 113 Å². The molecule has 0 radical (unpaired) electrons. The van der Waals surface area contributed by atoms with Crippen molar-refractivity contribution in [2.75, 3.05) is 0 Å². The summed E-state index contributed by atoms with van der Waals surface area (Å²) in [6.45, 7) is 0. The molecule has 0 aliphatic carbocycles. The van der Waals surface area contributed by atoms with Crippen LogP contribution < -0.4 is 0 Å². The summed E-state index contributed by atoms with van der Waals surface area (Å²) in [5, 5.41) is 7.99. The lowest BCUT2D eigenvalue weighted by Crippen LogP contribution is -2.77. The second kappa shape index (κ2) is 13.4. The Kier molecular flexibility index (Phi) is 12.6. The van der Waals surface area contributed by atoms with Gasteiger partial charge in [-0.3, -0.25) is 4.74 Å². The average molecular weight is 942 g/mol. The first-order chi connectivity index (χ1) is 24.0. The molecule has 0 aliphatic rings. The van der Waals surface area contributed by atoms with Gasteiger partial charge < -0.3 is 5.11 Å². The van der Waals surface area contributed by atoms with Crippen molar-refractivity contribution in [1.29, 1.82) is 0 Å². The number of halogens is 35. The van der Waals surface area contributed by atoms with Gasteiger partial charge in [0.05, 0.1) is 0 Å². The highest BCUT2D eigenvalue weighted by Gasteiger charge is 2.98. The van der Waals surface area contributed by atoms with E-state index in [1.54, 1.807) is 0 Å². The molecule has 0 rings (SSSR count). The van der Waals surface area contributed by atoms with E-state index in [4.69, 9.17) is 5.11 Å². The highest BCUT2D eigenvalue weighted by Crippen LogP contribution is 2.68. The minimum absolute atomic E-state index is 0.707. The van der Waals surface area contributed by atoms with Crippen LogP contribution in [-0.2, 0) is 9.53 Å². The van der Waals surface area contributed by atoms with Crippen LogP contribution >= 0.6 is 0 Å². The van der Waals surface area contributed by atoms with Gasteiger partial charge in [0.2, 0.25) is 11.7 Å². The lowest BCUT2D eigenvalue weighted by molar-refractivity contribution is -0.508. The number of carbonyl (C=O) groups is 1. The highest BCUT2D eigenvalue weighted by atomic mass is 19.4. The molecule has 0 aromatic carbocycles. The van der Waals surface area contributed by atoms with E-state index in [0.717, 1.165) is 0 Å². The first-order valence-corrected chi connectivity index (χ1v) is 11.7. The minimum Gasteiger partial charge on any atom is -0.476 e. The van der Waals surface area contributed by atoms with Gasteiger partial charge in [-0.05, 0) is 0 Å². The van der Waals surface area contributed by atoms with Crippen molar-refractivity contribution in [1.82, 2.24) is 0 Å². The van der Waals surface area contributed by atoms with Crippen LogP contribution in [0.4, 0.5) is 154 Å². The number of hydrogen-bond acceptors (Lipinski definition) is 2. The molecule has 0 saturated heterocycles. The van der Waals surface area contributed by atoms with Crippen molar-refractivity contribution < 1.29 is 168 Å². The molecule has 0 aliphatic heterocycles. The number of carboxylic acid groups (broad SMARTS) is 1. The summed E-state index contributed by atoms with van der Waals surface area (Å²) in [6.07, 6.45) is -26.6. The molecule has 1 atom stereocenters. The number of ether oxygens (including phenoxy) is 1. The third kappa shape index (κ3) is 6.66. The predicted molar refractivity (Wildman–Crippen MR) is 98.2 cm³/mol. The molecule has 3 nitrogen and oxygen atoms in total. The molecule has 0 amide bonds. The molecule has 340 valence electrons. The first-order valence-electron chi connectivity index (χ1n) is 11.7. The summed E-state index contributed by atoms with van der Waals surface area (Å²) in [7, 11) is 0. The molecule has 0 aromatic heterocycles. The average Bonchev–Trinajstić information content (AvgIpc) is 2.97. The molecular formula is C19HF35O3. The lowest BCUT2D eigenvalue weighted by Gasteiger charge is -2.45. The van der Waals surface area contributed by atoms with Gasteiger partial charge in [-0.2, -0.15) is 149 Å². The van der Waals surface area contributed by atoms with Gasteiger partial charge in [0.25, 0.3) is 0 Å². The van der Waals surface area contributed by atoms with Crippen LogP contribution in [0.2, 0.25) is 0 Å². The van der Waals surface area contributed by atoms with E-state index in [1.165, 1.54) is 0 Å². The molecular weight excluding hydrogens is 941 g/mol. The summed E-state index contributed by atoms with van der Waals surface area (Å²) < 4.78 is 471. The zero-order valence-electron chi connectivity index (χ0n) is 24.0. The predicted octanol–water partition coefficient (Wildman–Crippen LogP) is 11.2. The maximum atomic E-state index is 14.9. The Hall–Kier alpha value is -3.28. The number of carboxylic acids is 1. The van der Waals surface area contributed by atoms with Crippen LogP contribution in [0.15, 0.2) is 11.7 Å². The summed E-state index contributed by atoms with van der Waals surface area (Å²) in [4.78, 5) is 10.3. The van der Waals surface area contributed by atoms with Crippen LogP contribution in [0, 0.1) is 0 Å². The Morgan fingerprint density at radius 3 is 0.719 bits per heavy atom. The van der Waals surface area contributed by atoms with Crippen LogP contribution in [0.25, 0.3) is 0 Å². The van der Waals surface area contributed by atoms with Gasteiger partial charge >= 0.3 is 101 Å². The summed E-state index contributed by atoms with van der Waals surface area (Å²) in [5.41, 5.74) is 0. The topological polar surface area (TPSA) is 46.5 Å². The molecule has 57 heavy (non-hydrogen) atoms. The van der Waals surface area contributed by atoms with Crippen molar-refractivity contribution in [3.05, 3.63) is 11.7 Å². The summed E-state index contributed by atoms with van der Waals surface area (Å²) in [5.74, 6) is -141. The molecule has 1 N–H and O–H groups in total. The van der Waals surface area contributed by atoms with E-state index in [0.29, 0.717) is 4.74 Å². The fourth-order valence-electron chi connectivity index (χ4n) is 3.04. The molecule has 0 bridgehead atoms. The van der Waals surface area contributed by atoms with E-state index in [9.17, 15) is 158 Å². The van der Waals surface area contributed by atoms with Gasteiger partial charge in [-0.1, -0.05) is 0 Å². The van der Waals surface area contributed by atoms with E-state index in [1.807, 2.05) is 0 Å². The van der Waals surface area contributed by atoms with Gasteiger partial charge in [0.1, 0.15) is 0 Å². The van der Waals surface area contributed by atoms with Crippen LogP contribution in [-0.4, -0.2) is 106 Å². The Labute approximate surface area is 282 Å². The van der Waals surface area contributed by atoms with Gasteiger partial charge in [0.15, 0.2) is 0 Å². The Morgan fingerprint density at radius 1 is 0.316 bits per heavy atom. The van der Waals surface area contributed by atoms with Crippen LogP contribution in [0.1, 0.15) is 0 Å². The maximum Gasteiger partial charge on any atom is 0.460 e. The molecule has 1 unspecified atom stereocenters. The second-order valence-corrected chi connectivity index (χ2v) is 10.0. The van der Waals surface area contributed by atoms with Crippen molar-refractivity contribution in [3.63, 3.8) is 0 Å². The lowest BCUT2D eigenvalue weighted by atomic mass is 9.87. The van der Waals surface area contributed by atoms with E-state index in [-0.39, 0.29) is 0 Å². The van der Waals surface area contributed by atoms with Crippen molar-refractivity contribution in [2.45, 2.75) is 95.4 Å². The molecule has 38 heteroatoms. The van der Waals surface area contributed by atoms with Crippen molar-refractivity contribution in [3.8, 4) is 0 Å². The van der Waals surface area contributed by atoms with Gasteiger partial charge in [-0.25, -0.2) is 9.18 Å². The number of rotatable bonds is 16. The van der Waals surface area contributed by atoms with Gasteiger partial charge in [-0.15, -0.1) is 0 Å². The monoisotopic (exact) mass is 942 g/mol. The molecule has 0 aromatic rings. The second-order valence-electron chi connectivity index (χ2n) is 10.0. The van der Waals surface area contributed by atoms with Crippen LogP contribution in [0.3, 0.4) is 0 Å². The largest absolute Gasteiger partial charge is 0.476 e. The zero-order valence-corrected chi connectivity index (χ0v) is 24.0. The number of hydrogen-bond donors (Lipinski definition) is 1. The SMILES string of the molecule is O=C(O)C(F)=C(F)C(F)(OC(F)(F)C(F)(F)C(F)(F)C(F)(F)C(F)(F)C(F)(F)C(F)(F)C(F)(F)F)C(F)(F)C(F)(F)C(F)(F)C(F)(F)C(F)(F)C(F)(F)C(F)(F)F. The Balaban J connectivity index is 8.26. The number of alkyl halides is 33. The fourth-order valence-corrected chi connectivity index (χ4v) is 3.04. The van der Waals surface area contributed by atoms with Crippen molar-refractivity contribution in [2.24, 2.45) is 0 Å². The molecule has 0 spiro atoms. The number of aliphatic carboxylic acids is 1. The third-order valence-corrected chi connectivity index (χ3v) is 6.36. The molecule has 0 heterocycles. The van der Waals surface area contributed by atoms with E-state index in [2.05, 4.69) is 0 Å². The summed E-state index contributed by atoms with van der Waals surface area (Å²) in [6, 6.07) is 0. The molecule has 0 saturated carbocycles. The summed E-state index contributed by atoms with van der Waals surface area (Å²) >= 11 is 0. The smallest absolute Gasteiger partial charge is 0.460 e. The Morgan fingerprint density at radius 2 is 0.509 bits per heavy atom. The molecule has 0 fully saturated rings.